The zero-order valence-electron chi connectivity index (χ0n) is 19.2. The molecule has 2 aliphatic carbocycles. The van der Waals surface area contributed by atoms with Gasteiger partial charge < -0.3 is 20.1 Å². The molecule has 7 nitrogen and oxygen atoms in total. The number of alkyl carbamates (subject to hydrolysis) is 1. The lowest BCUT2D eigenvalue weighted by Gasteiger charge is -2.34. The van der Waals surface area contributed by atoms with Gasteiger partial charge in [0.15, 0.2) is 0 Å². The average molecular weight is 463 g/mol. The molecule has 0 aromatic heterocycles. The Morgan fingerprint density at radius 3 is 2.12 bits per heavy atom. The number of hydrogen-bond donors (Lipinski definition) is 2. The van der Waals surface area contributed by atoms with Gasteiger partial charge in [-0.1, -0.05) is 48.5 Å². The molecule has 2 fully saturated rings. The molecule has 7 heteroatoms. The Hall–Kier alpha value is -3.35. The molecule has 1 heterocycles. The van der Waals surface area contributed by atoms with Crippen molar-refractivity contribution >= 4 is 18.0 Å². The van der Waals surface area contributed by atoms with Gasteiger partial charge in [-0.05, 0) is 59.8 Å². The smallest absolute Gasteiger partial charge is 0.407 e. The van der Waals surface area contributed by atoms with E-state index in [4.69, 9.17) is 9.84 Å². The normalized spacial score (nSPS) is 18.6. The van der Waals surface area contributed by atoms with Crippen LogP contribution in [0, 0.1) is 5.41 Å². The number of rotatable bonds is 7. The van der Waals surface area contributed by atoms with Crippen molar-refractivity contribution in [1.29, 1.82) is 0 Å². The number of carboxylic acids is 1. The van der Waals surface area contributed by atoms with E-state index in [1.165, 1.54) is 12.8 Å². The zero-order valence-corrected chi connectivity index (χ0v) is 19.2. The molecule has 0 bridgehead atoms. The Bertz CT molecular complexity index is 1050. The monoisotopic (exact) mass is 462 g/mol. The second-order valence-electron chi connectivity index (χ2n) is 9.78. The number of carbonyl (C=O) groups is 3. The summed E-state index contributed by atoms with van der Waals surface area (Å²) in [7, 11) is 0. The molecule has 0 radical (unpaired) electrons. The number of benzene rings is 2. The zero-order chi connectivity index (χ0) is 23.7. The molecule has 178 valence electrons. The van der Waals surface area contributed by atoms with Crippen molar-refractivity contribution in [3.8, 4) is 11.1 Å². The van der Waals surface area contributed by atoms with Gasteiger partial charge in [-0.2, -0.15) is 0 Å². The van der Waals surface area contributed by atoms with Crippen LogP contribution in [0.3, 0.4) is 0 Å². The SMILES string of the molecule is O=C(O)CCC(NC(=O)OCC1c2ccccc2-c2ccccc21)C(=O)N1CCC2(CC1)CC2. The summed E-state index contributed by atoms with van der Waals surface area (Å²) in [6.07, 6.45) is 3.58. The van der Waals surface area contributed by atoms with Crippen LogP contribution < -0.4 is 5.32 Å². The fraction of sp³-hybridized carbons (Fsp3) is 0.444. The number of carbonyl (C=O) groups excluding carboxylic acids is 2. The average Bonchev–Trinajstić information content (AvgIpc) is 3.52. The van der Waals surface area contributed by atoms with E-state index in [1.807, 2.05) is 36.4 Å². The molecule has 34 heavy (non-hydrogen) atoms. The number of nitrogens with zero attached hydrogens (tertiary/aromatic N) is 1. The molecule has 2 N–H and O–H groups in total. The number of amides is 2. The predicted octanol–water partition coefficient (Wildman–Crippen LogP) is 4.16. The maximum Gasteiger partial charge on any atom is 0.407 e. The summed E-state index contributed by atoms with van der Waals surface area (Å²) >= 11 is 0. The van der Waals surface area contributed by atoms with Crippen LogP contribution in [0.4, 0.5) is 4.79 Å². The van der Waals surface area contributed by atoms with E-state index in [0.717, 1.165) is 35.1 Å². The molecule has 1 saturated heterocycles. The Morgan fingerprint density at radius 1 is 0.971 bits per heavy atom. The van der Waals surface area contributed by atoms with E-state index in [9.17, 15) is 14.4 Å². The van der Waals surface area contributed by atoms with Crippen molar-refractivity contribution in [1.82, 2.24) is 10.2 Å². The van der Waals surface area contributed by atoms with Crippen LogP contribution in [-0.2, 0) is 14.3 Å². The number of nitrogens with one attached hydrogen (secondary N) is 1. The van der Waals surface area contributed by atoms with Gasteiger partial charge in [-0.15, -0.1) is 0 Å². The maximum absolute atomic E-state index is 13.1. The standard InChI is InChI=1S/C27H30N2O5/c30-24(31)10-9-23(25(32)29-15-13-27(11-12-27)14-16-29)28-26(33)34-17-22-20-7-3-1-5-18(20)19-6-2-4-8-21(19)22/h1-8,22-23H,9-17H2,(H,28,33)(H,30,31). The van der Waals surface area contributed by atoms with Crippen LogP contribution in [0.1, 0.15) is 55.6 Å². The van der Waals surface area contributed by atoms with Crippen molar-refractivity contribution in [2.45, 2.75) is 50.5 Å². The van der Waals surface area contributed by atoms with E-state index in [0.29, 0.717) is 18.5 Å². The van der Waals surface area contributed by atoms with Gasteiger partial charge in [0.1, 0.15) is 12.6 Å². The van der Waals surface area contributed by atoms with Gasteiger partial charge >= 0.3 is 12.1 Å². The van der Waals surface area contributed by atoms with Gasteiger partial charge in [0.25, 0.3) is 0 Å². The second-order valence-corrected chi connectivity index (χ2v) is 9.78. The lowest BCUT2D eigenvalue weighted by molar-refractivity contribution is -0.138. The molecule has 1 atom stereocenters. The van der Waals surface area contributed by atoms with Gasteiger partial charge in [-0.3, -0.25) is 9.59 Å². The number of fused-ring (bicyclic) bond motifs is 3. The van der Waals surface area contributed by atoms with Crippen LogP contribution in [0.5, 0.6) is 0 Å². The van der Waals surface area contributed by atoms with Crippen molar-refractivity contribution in [3.05, 3.63) is 59.7 Å². The van der Waals surface area contributed by atoms with Crippen molar-refractivity contribution in [2.24, 2.45) is 5.41 Å². The van der Waals surface area contributed by atoms with Gasteiger partial charge in [-0.25, -0.2) is 4.79 Å². The van der Waals surface area contributed by atoms with E-state index < -0.39 is 18.1 Å². The third-order valence-electron chi connectivity index (χ3n) is 7.67. The molecule has 2 aromatic rings. The molecule has 2 amide bonds. The van der Waals surface area contributed by atoms with Crippen molar-refractivity contribution in [2.75, 3.05) is 19.7 Å². The number of ether oxygens (including phenoxy) is 1. The lowest BCUT2D eigenvalue weighted by atomic mass is 9.93. The molecule has 1 aliphatic heterocycles. The van der Waals surface area contributed by atoms with Crippen molar-refractivity contribution < 1.29 is 24.2 Å². The van der Waals surface area contributed by atoms with Crippen LogP contribution in [0.2, 0.25) is 0 Å². The summed E-state index contributed by atoms with van der Waals surface area (Å²) in [5.41, 5.74) is 4.92. The molecule has 1 saturated carbocycles. The highest BCUT2D eigenvalue weighted by atomic mass is 16.5. The summed E-state index contributed by atoms with van der Waals surface area (Å²) in [4.78, 5) is 38.8. The third kappa shape index (κ3) is 4.52. The Labute approximate surface area is 199 Å². The number of aliphatic carboxylic acids is 1. The number of likely N-dealkylation sites (tertiary alicyclic amines) is 1. The Balaban J connectivity index is 1.23. The molecule has 5 rings (SSSR count). The highest BCUT2D eigenvalue weighted by Crippen LogP contribution is 2.53. The molecular formula is C27H30N2O5. The minimum Gasteiger partial charge on any atom is -0.481 e. The Morgan fingerprint density at radius 2 is 1.56 bits per heavy atom. The van der Waals surface area contributed by atoms with Gasteiger partial charge in [0.05, 0.1) is 0 Å². The third-order valence-corrected chi connectivity index (χ3v) is 7.67. The van der Waals surface area contributed by atoms with Crippen LogP contribution in [0.15, 0.2) is 48.5 Å². The first-order valence-electron chi connectivity index (χ1n) is 12.1. The second kappa shape index (κ2) is 9.12. The topological polar surface area (TPSA) is 95.9 Å². The van der Waals surface area contributed by atoms with E-state index in [-0.39, 0.29) is 31.3 Å². The van der Waals surface area contributed by atoms with Crippen LogP contribution in [-0.4, -0.2) is 53.7 Å². The largest absolute Gasteiger partial charge is 0.481 e. The minimum absolute atomic E-state index is 0.0417. The van der Waals surface area contributed by atoms with Crippen LogP contribution >= 0.6 is 0 Å². The quantitative estimate of drug-likeness (QED) is 0.644. The fourth-order valence-electron chi connectivity index (χ4n) is 5.41. The fourth-order valence-corrected chi connectivity index (χ4v) is 5.41. The van der Waals surface area contributed by atoms with Crippen LogP contribution in [0.25, 0.3) is 11.1 Å². The number of carboxylic acid groups (broad SMARTS) is 1. The highest BCUT2D eigenvalue weighted by molar-refractivity contribution is 5.86. The summed E-state index contributed by atoms with van der Waals surface area (Å²) in [5.74, 6) is -1.30. The lowest BCUT2D eigenvalue weighted by Crippen LogP contribution is -2.51. The molecule has 1 unspecified atom stereocenters. The van der Waals surface area contributed by atoms with E-state index in [1.54, 1.807) is 4.90 Å². The van der Waals surface area contributed by atoms with Gasteiger partial charge in [0, 0.05) is 25.4 Å². The predicted molar refractivity (Wildman–Crippen MR) is 126 cm³/mol. The van der Waals surface area contributed by atoms with E-state index in [2.05, 4.69) is 17.4 Å². The molecule has 2 aromatic carbocycles. The summed E-state index contributed by atoms with van der Waals surface area (Å²) in [6, 6.07) is 15.3. The first-order chi connectivity index (χ1) is 16.5. The van der Waals surface area contributed by atoms with Crippen molar-refractivity contribution in [3.63, 3.8) is 0 Å². The molecular weight excluding hydrogens is 432 g/mol. The highest BCUT2D eigenvalue weighted by Gasteiger charge is 2.45. The summed E-state index contributed by atoms with van der Waals surface area (Å²) < 4.78 is 5.59. The Kier molecular flexibility index (Phi) is 6.02. The summed E-state index contributed by atoms with van der Waals surface area (Å²) in [5, 5.41) is 11.8. The maximum atomic E-state index is 13.1. The first kappa shape index (κ1) is 22.4. The molecule has 3 aliphatic rings. The van der Waals surface area contributed by atoms with Gasteiger partial charge in [0.2, 0.25) is 5.91 Å². The summed E-state index contributed by atoms with van der Waals surface area (Å²) in [6.45, 7) is 1.47. The number of hydrogen-bond acceptors (Lipinski definition) is 4. The van der Waals surface area contributed by atoms with E-state index >= 15 is 0 Å². The minimum atomic E-state index is -0.997. The molecule has 1 spiro atoms. The first-order valence-corrected chi connectivity index (χ1v) is 12.1. The number of piperidine rings is 1.